The summed E-state index contributed by atoms with van der Waals surface area (Å²) >= 11 is 0. The lowest BCUT2D eigenvalue weighted by Gasteiger charge is -2.33. The highest BCUT2D eigenvalue weighted by Gasteiger charge is 2.33. The summed E-state index contributed by atoms with van der Waals surface area (Å²) in [6.45, 7) is 4.72. The van der Waals surface area contributed by atoms with Gasteiger partial charge in [-0.2, -0.15) is 0 Å². The van der Waals surface area contributed by atoms with Crippen LogP contribution in [0, 0.1) is 30.9 Å². The molecule has 1 aliphatic rings. The number of benzene rings is 1. The molecule has 0 spiro atoms. The van der Waals surface area contributed by atoms with E-state index in [-0.39, 0.29) is 28.2 Å². The van der Waals surface area contributed by atoms with E-state index in [1.54, 1.807) is 13.8 Å². The number of aryl methyl sites for hydroxylation is 2. The molecule has 1 saturated carbocycles. The topological polar surface area (TPSA) is 115 Å². The molecule has 0 bridgehead atoms. The van der Waals surface area contributed by atoms with Gasteiger partial charge in [-0.15, -0.1) is 0 Å². The summed E-state index contributed by atoms with van der Waals surface area (Å²) in [6.07, 6.45) is 1.18. The molecule has 0 atom stereocenters. The van der Waals surface area contributed by atoms with Gasteiger partial charge >= 0.3 is 0 Å². The maximum atomic E-state index is 12.5. The average Bonchev–Trinajstić information content (AvgIpc) is 2.23. The van der Waals surface area contributed by atoms with Crippen molar-refractivity contribution in [2.24, 2.45) is 5.73 Å². The molecule has 116 valence electrons. The number of nitrogens with two attached hydrogens (primary N) is 1. The highest BCUT2D eigenvalue weighted by Crippen LogP contribution is 2.32. The Balaban J connectivity index is 2.47. The monoisotopic (exact) mass is 313 g/mol. The second kappa shape index (κ2) is 5.36. The van der Waals surface area contributed by atoms with E-state index in [9.17, 15) is 18.5 Å². The standard InChI is InChI=1S/C13H19N3O4S/c1-7-4-8(2)13(9(3)12(7)16(17)18)21(19,20)15-11-5-10(14)6-11/h4,10-11,15H,5-6,14H2,1-3H3. The minimum atomic E-state index is -3.79. The predicted octanol–water partition coefficient (Wildman–Crippen LogP) is 1.29. The summed E-state index contributed by atoms with van der Waals surface area (Å²) in [7, 11) is -3.79. The van der Waals surface area contributed by atoms with E-state index in [0.29, 0.717) is 24.0 Å². The third-order valence-electron chi connectivity index (χ3n) is 3.81. The van der Waals surface area contributed by atoms with Crippen LogP contribution in [0.15, 0.2) is 11.0 Å². The molecule has 0 radical (unpaired) electrons. The van der Waals surface area contributed by atoms with Crippen LogP contribution in [-0.2, 0) is 10.0 Å². The first-order valence-corrected chi connectivity index (χ1v) is 8.15. The fraction of sp³-hybridized carbons (Fsp3) is 0.538. The lowest BCUT2D eigenvalue weighted by molar-refractivity contribution is -0.386. The van der Waals surface area contributed by atoms with Gasteiger partial charge in [0.2, 0.25) is 10.0 Å². The molecule has 0 heterocycles. The zero-order valence-electron chi connectivity index (χ0n) is 12.2. The van der Waals surface area contributed by atoms with Crippen molar-refractivity contribution in [3.05, 3.63) is 32.9 Å². The van der Waals surface area contributed by atoms with E-state index >= 15 is 0 Å². The van der Waals surface area contributed by atoms with Crippen LogP contribution in [0.2, 0.25) is 0 Å². The number of hydrogen-bond donors (Lipinski definition) is 2. The van der Waals surface area contributed by atoms with Crippen molar-refractivity contribution in [2.45, 2.75) is 50.6 Å². The van der Waals surface area contributed by atoms with E-state index in [1.807, 2.05) is 0 Å². The average molecular weight is 313 g/mol. The van der Waals surface area contributed by atoms with Crippen LogP contribution in [0.25, 0.3) is 0 Å². The Labute approximate surface area is 123 Å². The molecule has 0 aliphatic heterocycles. The molecule has 1 aromatic carbocycles. The third kappa shape index (κ3) is 2.92. The number of nitro benzene ring substituents is 1. The normalized spacial score (nSPS) is 21.9. The quantitative estimate of drug-likeness (QED) is 0.642. The first-order chi connectivity index (χ1) is 9.63. The van der Waals surface area contributed by atoms with E-state index in [0.717, 1.165) is 0 Å². The first-order valence-electron chi connectivity index (χ1n) is 6.66. The highest BCUT2D eigenvalue weighted by atomic mass is 32.2. The van der Waals surface area contributed by atoms with E-state index in [4.69, 9.17) is 5.73 Å². The largest absolute Gasteiger partial charge is 0.328 e. The van der Waals surface area contributed by atoms with Gasteiger partial charge in [-0.05, 0) is 45.2 Å². The van der Waals surface area contributed by atoms with E-state index in [1.165, 1.54) is 13.0 Å². The maximum absolute atomic E-state index is 12.5. The number of rotatable bonds is 4. The number of sulfonamides is 1. The Hall–Kier alpha value is -1.51. The summed E-state index contributed by atoms with van der Waals surface area (Å²) < 4.78 is 27.6. The van der Waals surface area contributed by atoms with Gasteiger partial charge in [-0.3, -0.25) is 10.1 Å². The van der Waals surface area contributed by atoms with Crippen LogP contribution < -0.4 is 10.5 Å². The van der Waals surface area contributed by atoms with Crippen LogP contribution in [0.4, 0.5) is 5.69 Å². The van der Waals surface area contributed by atoms with Gasteiger partial charge in [0, 0.05) is 23.2 Å². The Bertz CT molecular complexity index is 694. The molecule has 2 rings (SSSR count). The zero-order valence-corrected chi connectivity index (χ0v) is 13.0. The summed E-state index contributed by atoms with van der Waals surface area (Å²) in [6, 6.07) is 1.36. The Morgan fingerprint density at radius 3 is 2.33 bits per heavy atom. The smallest absolute Gasteiger partial charge is 0.276 e. The van der Waals surface area contributed by atoms with Gasteiger partial charge in [-0.1, -0.05) is 0 Å². The van der Waals surface area contributed by atoms with Crippen LogP contribution in [0.1, 0.15) is 29.5 Å². The Morgan fingerprint density at radius 1 is 1.29 bits per heavy atom. The summed E-state index contributed by atoms with van der Waals surface area (Å²) in [4.78, 5) is 10.6. The summed E-state index contributed by atoms with van der Waals surface area (Å²) in [5.41, 5.74) is 6.64. The Kier molecular flexibility index (Phi) is 4.05. The number of nitrogens with one attached hydrogen (secondary N) is 1. The van der Waals surface area contributed by atoms with E-state index in [2.05, 4.69) is 4.72 Å². The number of nitrogens with zero attached hydrogens (tertiary/aromatic N) is 1. The predicted molar refractivity (Wildman–Crippen MR) is 78.6 cm³/mol. The highest BCUT2D eigenvalue weighted by molar-refractivity contribution is 7.89. The van der Waals surface area contributed by atoms with Crippen LogP contribution in [-0.4, -0.2) is 25.4 Å². The molecule has 0 aromatic heterocycles. The molecule has 0 saturated heterocycles. The Morgan fingerprint density at radius 2 is 1.86 bits per heavy atom. The lowest BCUT2D eigenvalue weighted by Crippen LogP contribution is -2.50. The molecule has 21 heavy (non-hydrogen) atoms. The molecule has 8 heteroatoms. The van der Waals surface area contributed by atoms with Crippen molar-refractivity contribution in [1.82, 2.24) is 4.72 Å². The molecular formula is C13H19N3O4S. The zero-order chi connectivity index (χ0) is 15.9. The van der Waals surface area contributed by atoms with Gasteiger partial charge in [-0.25, -0.2) is 13.1 Å². The van der Waals surface area contributed by atoms with Crippen molar-refractivity contribution >= 4 is 15.7 Å². The van der Waals surface area contributed by atoms with Crippen molar-refractivity contribution in [3.63, 3.8) is 0 Å². The molecule has 0 unspecified atom stereocenters. The van der Waals surface area contributed by atoms with Gasteiger partial charge in [0.1, 0.15) is 0 Å². The summed E-state index contributed by atoms with van der Waals surface area (Å²) in [5.74, 6) is 0. The fourth-order valence-corrected chi connectivity index (χ4v) is 4.62. The van der Waals surface area contributed by atoms with Gasteiger partial charge in [0.15, 0.2) is 0 Å². The lowest BCUT2D eigenvalue weighted by atomic mass is 9.89. The first kappa shape index (κ1) is 15.9. The molecule has 1 aliphatic carbocycles. The molecular weight excluding hydrogens is 294 g/mol. The van der Waals surface area contributed by atoms with E-state index < -0.39 is 14.9 Å². The molecule has 3 N–H and O–H groups in total. The molecule has 1 fully saturated rings. The van der Waals surface area contributed by atoms with Crippen LogP contribution in [0.5, 0.6) is 0 Å². The number of hydrogen-bond acceptors (Lipinski definition) is 5. The fourth-order valence-electron chi connectivity index (χ4n) is 2.89. The van der Waals surface area contributed by atoms with Gasteiger partial charge < -0.3 is 5.73 Å². The molecule has 1 aromatic rings. The maximum Gasteiger partial charge on any atom is 0.276 e. The van der Waals surface area contributed by atoms with Crippen LogP contribution >= 0.6 is 0 Å². The minimum Gasteiger partial charge on any atom is -0.328 e. The van der Waals surface area contributed by atoms with Crippen molar-refractivity contribution in [1.29, 1.82) is 0 Å². The SMILES string of the molecule is Cc1cc(C)c(S(=O)(=O)NC2CC(N)C2)c(C)c1[N+](=O)[O-]. The van der Waals surface area contributed by atoms with Gasteiger partial charge in [0.05, 0.1) is 9.82 Å². The van der Waals surface area contributed by atoms with Crippen molar-refractivity contribution in [2.75, 3.05) is 0 Å². The second-order valence-electron chi connectivity index (χ2n) is 5.62. The summed E-state index contributed by atoms with van der Waals surface area (Å²) in [5, 5.41) is 11.1. The van der Waals surface area contributed by atoms with Crippen molar-refractivity contribution < 1.29 is 13.3 Å². The van der Waals surface area contributed by atoms with Crippen LogP contribution in [0.3, 0.4) is 0 Å². The van der Waals surface area contributed by atoms with Gasteiger partial charge in [0.25, 0.3) is 5.69 Å². The minimum absolute atomic E-state index is 0.000251. The van der Waals surface area contributed by atoms with Crippen molar-refractivity contribution in [3.8, 4) is 0 Å². The third-order valence-corrected chi connectivity index (χ3v) is 5.62. The molecule has 0 amide bonds. The number of nitro groups is 1. The molecule has 7 nitrogen and oxygen atoms in total. The second-order valence-corrected chi connectivity index (χ2v) is 7.27.